The largest absolute Gasteiger partial charge is 0.460 e. The Hall–Kier alpha value is -0.350. The average Bonchev–Trinajstić information content (AvgIpc) is 2.01. The Morgan fingerprint density at radius 3 is 1.13 bits per heavy atom. The van der Waals surface area contributed by atoms with E-state index in [0.717, 1.165) is 0 Å². The van der Waals surface area contributed by atoms with Gasteiger partial charge in [-0.15, -0.1) is 0 Å². The fraction of sp³-hybridized carbons (Fsp3) is 1.00. The molecule has 0 spiro atoms. The van der Waals surface area contributed by atoms with Gasteiger partial charge in [0.25, 0.3) is 0 Å². The molecule has 11 heteroatoms. The molecule has 0 unspecified atom stereocenters. The van der Waals surface area contributed by atoms with E-state index >= 15 is 0 Å². The van der Waals surface area contributed by atoms with Crippen LogP contribution in [0.4, 0.5) is 43.4 Å². The second-order valence-electron chi connectivity index (χ2n) is 2.24. The third-order valence-corrected chi connectivity index (χ3v) is 1.66. The van der Waals surface area contributed by atoms with E-state index in [-0.39, 0.29) is 0 Å². The summed E-state index contributed by atoms with van der Waals surface area (Å²) in [5.74, 6) is -13.9. The van der Waals surface area contributed by atoms with E-state index in [9.17, 15) is 43.4 Å². The van der Waals surface area contributed by atoms with Crippen LogP contribution in [0.5, 0.6) is 0 Å². The summed E-state index contributed by atoms with van der Waals surface area (Å²) in [6.45, 7) is 0. The third kappa shape index (κ3) is 2.11. The van der Waals surface area contributed by atoms with Crippen molar-refractivity contribution in [1.82, 2.24) is 0 Å². The molecule has 0 aliphatic rings. The summed E-state index contributed by atoms with van der Waals surface area (Å²) in [6.07, 6.45) is -6.91. The molecule has 0 aliphatic heterocycles. The standard InChI is InChI=1S/C4F10S/c5-1(6,3(9,10)11)2(7,8)4(12,13)15-14. The van der Waals surface area contributed by atoms with Crippen molar-refractivity contribution in [3.05, 3.63) is 0 Å². The van der Waals surface area contributed by atoms with Crippen molar-refractivity contribution in [1.29, 1.82) is 0 Å². The van der Waals surface area contributed by atoms with Crippen LogP contribution in [0.2, 0.25) is 0 Å². The number of alkyl halides is 9. The molecule has 0 atom stereocenters. The number of rotatable bonds is 3. The molecular formula is C4F10S. The maximum Gasteiger partial charge on any atom is 0.460 e. The highest BCUT2D eigenvalue weighted by Gasteiger charge is 2.82. The lowest BCUT2D eigenvalue weighted by Gasteiger charge is -2.31. The van der Waals surface area contributed by atoms with Gasteiger partial charge < -0.3 is 0 Å². The summed E-state index contributed by atoms with van der Waals surface area (Å²) in [5, 5.41) is -6.17. The van der Waals surface area contributed by atoms with E-state index in [0.29, 0.717) is 0 Å². The summed E-state index contributed by atoms with van der Waals surface area (Å²) in [6, 6.07) is 0. The maximum absolute atomic E-state index is 12.0. The molecule has 0 aromatic heterocycles. The Kier molecular flexibility index (Phi) is 3.51. The fourth-order valence-electron chi connectivity index (χ4n) is 0.409. The monoisotopic (exact) mass is 270 g/mol. The summed E-state index contributed by atoms with van der Waals surface area (Å²) < 4.78 is 116. The molecule has 0 aromatic rings. The van der Waals surface area contributed by atoms with Crippen molar-refractivity contribution < 1.29 is 43.4 Å². The molecule has 0 aromatic carbocycles. The summed E-state index contributed by atoms with van der Waals surface area (Å²) >= 11 is -2.59. The average molecular weight is 270 g/mol. The fourth-order valence-corrected chi connectivity index (χ4v) is 0.634. The van der Waals surface area contributed by atoms with Crippen LogP contribution in [-0.2, 0) is 0 Å². The first kappa shape index (κ1) is 14.6. The molecule has 15 heavy (non-hydrogen) atoms. The van der Waals surface area contributed by atoms with Crippen molar-refractivity contribution in [2.75, 3.05) is 0 Å². The summed E-state index contributed by atoms with van der Waals surface area (Å²) in [4.78, 5) is 0. The Balaban J connectivity index is 5.38. The van der Waals surface area contributed by atoms with Crippen molar-refractivity contribution in [2.24, 2.45) is 0 Å². The van der Waals surface area contributed by atoms with E-state index in [4.69, 9.17) is 0 Å². The lowest BCUT2D eigenvalue weighted by atomic mass is 10.1. The molecular weight excluding hydrogens is 270 g/mol. The first-order valence-corrected chi connectivity index (χ1v) is 3.53. The lowest BCUT2D eigenvalue weighted by molar-refractivity contribution is -0.381. The van der Waals surface area contributed by atoms with Crippen LogP contribution in [-0.4, -0.2) is 23.3 Å². The Labute approximate surface area is 79.9 Å². The van der Waals surface area contributed by atoms with Crippen LogP contribution in [0, 0.1) is 0 Å². The highest BCUT2D eigenvalue weighted by molar-refractivity contribution is 7.95. The zero-order valence-corrected chi connectivity index (χ0v) is 7.00. The molecule has 0 nitrogen and oxygen atoms in total. The van der Waals surface area contributed by atoms with Gasteiger partial charge in [-0.25, -0.2) is 0 Å². The van der Waals surface area contributed by atoms with Crippen molar-refractivity contribution in [3.63, 3.8) is 0 Å². The normalized spacial score (nSPS) is 15.6. The van der Waals surface area contributed by atoms with Crippen LogP contribution in [0.25, 0.3) is 0 Å². The van der Waals surface area contributed by atoms with Gasteiger partial charge in [-0.1, -0.05) is 0 Å². The zero-order chi connectivity index (χ0) is 12.7. The van der Waals surface area contributed by atoms with Gasteiger partial charge in [0.05, 0.1) is 0 Å². The van der Waals surface area contributed by atoms with Crippen LogP contribution < -0.4 is 0 Å². The Morgan fingerprint density at radius 2 is 0.933 bits per heavy atom. The summed E-state index contributed by atoms with van der Waals surface area (Å²) in [7, 11) is 0. The van der Waals surface area contributed by atoms with E-state index < -0.39 is 35.4 Å². The van der Waals surface area contributed by atoms with Crippen LogP contribution in [0.3, 0.4) is 0 Å². The van der Waals surface area contributed by atoms with E-state index in [1.807, 2.05) is 0 Å². The smallest absolute Gasteiger partial charge is 0.191 e. The van der Waals surface area contributed by atoms with Gasteiger partial charge in [0.15, 0.2) is 0 Å². The topological polar surface area (TPSA) is 0 Å². The van der Waals surface area contributed by atoms with Crippen molar-refractivity contribution >= 4 is 12.1 Å². The molecule has 0 aliphatic carbocycles. The van der Waals surface area contributed by atoms with Gasteiger partial charge in [0.2, 0.25) is 0 Å². The Morgan fingerprint density at radius 1 is 0.600 bits per heavy atom. The van der Waals surface area contributed by atoms with Crippen LogP contribution in [0.1, 0.15) is 0 Å². The van der Waals surface area contributed by atoms with E-state index in [2.05, 4.69) is 0 Å². The van der Waals surface area contributed by atoms with E-state index in [1.54, 1.807) is 0 Å². The molecule has 0 heterocycles. The number of hydrogen-bond acceptors (Lipinski definition) is 1. The second kappa shape index (κ2) is 3.59. The lowest BCUT2D eigenvalue weighted by Crippen LogP contribution is -2.59. The molecule has 0 fully saturated rings. The number of halogens is 10. The van der Waals surface area contributed by atoms with Gasteiger partial charge in [-0.3, -0.25) is 0 Å². The number of hydrogen-bond donors (Lipinski definition) is 0. The molecule has 0 bridgehead atoms. The molecule has 0 N–H and O–H groups in total. The molecule has 92 valence electrons. The summed E-state index contributed by atoms with van der Waals surface area (Å²) in [5.41, 5.74) is 0. The first-order valence-electron chi connectivity index (χ1n) is 2.81. The molecule has 0 saturated carbocycles. The van der Waals surface area contributed by atoms with E-state index in [1.165, 1.54) is 0 Å². The van der Waals surface area contributed by atoms with Crippen LogP contribution in [0.15, 0.2) is 0 Å². The molecule has 0 amide bonds. The zero-order valence-electron chi connectivity index (χ0n) is 6.19. The predicted octanol–water partition coefficient (Wildman–Crippen LogP) is 4.03. The quantitative estimate of drug-likeness (QED) is 0.698. The van der Waals surface area contributed by atoms with Crippen molar-refractivity contribution in [3.8, 4) is 0 Å². The minimum Gasteiger partial charge on any atom is -0.191 e. The molecule has 0 radical (unpaired) electrons. The third-order valence-electron chi connectivity index (χ3n) is 1.21. The van der Waals surface area contributed by atoms with Gasteiger partial charge in [-0.2, -0.15) is 43.4 Å². The second-order valence-corrected chi connectivity index (χ2v) is 2.91. The highest BCUT2D eigenvalue weighted by atomic mass is 32.2. The molecule has 0 saturated heterocycles. The maximum atomic E-state index is 12.0. The first-order chi connectivity index (χ1) is 6.31. The molecule has 0 rings (SSSR count). The van der Waals surface area contributed by atoms with Gasteiger partial charge in [-0.05, 0) is 0 Å². The van der Waals surface area contributed by atoms with Gasteiger partial charge >= 0.3 is 23.3 Å². The van der Waals surface area contributed by atoms with Gasteiger partial charge in [0.1, 0.15) is 12.1 Å². The van der Waals surface area contributed by atoms with Crippen molar-refractivity contribution in [2.45, 2.75) is 23.3 Å². The van der Waals surface area contributed by atoms with Crippen LogP contribution >= 0.6 is 12.1 Å². The highest BCUT2D eigenvalue weighted by Crippen LogP contribution is 2.56. The SMILES string of the molecule is FSC(F)(F)C(F)(F)C(F)(F)C(F)(F)F. The van der Waals surface area contributed by atoms with Gasteiger partial charge in [0, 0.05) is 0 Å². The predicted molar refractivity (Wildman–Crippen MR) is 29.6 cm³/mol. The minimum atomic E-state index is -7.03. The Bertz CT molecular complexity index is 228. The minimum absolute atomic E-state index is 2.59.